The molecule has 2 nitrogen and oxygen atoms in total. The van der Waals surface area contributed by atoms with E-state index >= 15 is 0 Å². The first-order valence-corrected chi connectivity index (χ1v) is 13.7. The Morgan fingerprint density at radius 1 is 1.15 bits per heavy atom. The van der Waals surface area contributed by atoms with Gasteiger partial charge in [-0.05, 0) is 50.3 Å². The van der Waals surface area contributed by atoms with Crippen LogP contribution in [0.4, 0.5) is 0 Å². The maximum absolute atomic E-state index is 6.81. The molecule has 2 atom stereocenters. The van der Waals surface area contributed by atoms with Gasteiger partial charge in [-0.1, -0.05) is 34.6 Å². The Hall–Kier alpha value is 0.704. The lowest BCUT2D eigenvalue weighted by atomic mass is 9.90. The Labute approximate surface area is 133 Å². The van der Waals surface area contributed by atoms with Crippen molar-refractivity contribution in [1.29, 1.82) is 0 Å². The zero-order chi connectivity index (χ0) is 16.4. The highest BCUT2D eigenvalue weighted by Crippen LogP contribution is 2.59. The molecule has 0 saturated carbocycles. The van der Waals surface area contributed by atoms with Crippen LogP contribution in [0.5, 0.6) is 0 Å². The molecular weight excluding hydrogens is 300 g/mol. The average molecular weight is 336 g/mol. The molecule has 0 heterocycles. The van der Waals surface area contributed by atoms with Crippen LogP contribution in [-0.4, -0.2) is 42.0 Å². The first kappa shape index (κ1) is 20.7. The third-order valence-corrected chi connectivity index (χ3v) is 11.2. The molecule has 0 aliphatic rings. The summed E-state index contributed by atoms with van der Waals surface area (Å²) in [5, 5.41) is 0. The Morgan fingerprint density at radius 2 is 1.60 bits per heavy atom. The molecule has 0 aliphatic carbocycles. The highest BCUT2D eigenvalue weighted by atomic mass is 32.4. The molecule has 0 aliphatic heterocycles. The van der Waals surface area contributed by atoms with Crippen molar-refractivity contribution in [2.45, 2.75) is 66.0 Å². The van der Waals surface area contributed by atoms with Crippen molar-refractivity contribution in [3.63, 3.8) is 0 Å². The van der Waals surface area contributed by atoms with E-state index in [1.807, 2.05) is 0 Å². The highest BCUT2D eigenvalue weighted by molar-refractivity contribution is 8.49. The van der Waals surface area contributed by atoms with Crippen LogP contribution in [0.2, 0.25) is 12.6 Å². The summed E-state index contributed by atoms with van der Waals surface area (Å²) in [6.45, 7) is 18.5. The number of hydrogen-bond acceptors (Lipinski definition) is 2. The zero-order valence-corrected chi connectivity index (χ0v) is 18.0. The molecule has 2 unspecified atom stereocenters. The first-order valence-electron chi connectivity index (χ1n) is 7.50. The molecule has 0 spiro atoms. The predicted octanol–water partition coefficient (Wildman–Crippen LogP) is 4.68. The molecule has 0 rings (SSSR count). The van der Waals surface area contributed by atoms with Crippen LogP contribution in [0.25, 0.3) is 0 Å². The van der Waals surface area contributed by atoms with Gasteiger partial charge in [-0.2, -0.15) is 0 Å². The van der Waals surface area contributed by atoms with Crippen molar-refractivity contribution in [3.05, 3.63) is 0 Å². The molecule has 0 bridgehead atoms. The minimum atomic E-state index is -2.18. The first-order chi connectivity index (χ1) is 8.68. The molecule has 0 aromatic rings. The summed E-state index contributed by atoms with van der Waals surface area (Å²) in [6.07, 6.45) is 4.54. The lowest BCUT2D eigenvalue weighted by Crippen LogP contribution is -2.55. The van der Waals surface area contributed by atoms with Crippen LogP contribution in [0.3, 0.4) is 0 Å². The Balaban J connectivity index is 5.52. The van der Waals surface area contributed by atoms with Gasteiger partial charge in [-0.15, -0.1) is 0 Å². The minimum Gasteiger partial charge on any atom is -0.395 e. The maximum Gasteiger partial charge on any atom is 0.336 e. The van der Waals surface area contributed by atoms with Gasteiger partial charge in [0.05, 0.1) is 14.3 Å². The largest absolute Gasteiger partial charge is 0.395 e. The molecule has 0 amide bonds. The van der Waals surface area contributed by atoms with Gasteiger partial charge < -0.3 is 8.85 Å². The fourth-order valence-electron chi connectivity index (χ4n) is 2.61. The number of hydrogen-bond donors (Lipinski definition) is 0. The van der Waals surface area contributed by atoms with Crippen LogP contribution < -0.4 is 0 Å². The van der Waals surface area contributed by atoms with E-state index in [0.29, 0.717) is 5.92 Å². The van der Waals surface area contributed by atoms with E-state index in [1.165, 1.54) is 0 Å². The molecule has 0 N–H and O–H groups in total. The van der Waals surface area contributed by atoms with Gasteiger partial charge in [-0.25, -0.2) is 9.48 Å². The minimum absolute atomic E-state index is 0.0515. The van der Waals surface area contributed by atoms with Gasteiger partial charge in [0.2, 0.25) is 0 Å². The van der Waals surface area contributed by atoms with Crippen molar-refractivity contribution in [3.8, 4) is 0 Å². The summed E-state index contributed by atoms with van der Waals surface area (Å²) in [5.74, 6) is 0.593. The third kappa shape index (κ3) is 5.16. The monoisotopic (exact) mass is 335 g/mol. The highest BCUT2D eigenvalue weighted by Gasteiger charge is 2.51. The van der Waals surface area contributed by atoms with E-state index in [4.69, 9.17) is 8.85 Å². The second-order valence-electron chi connectivity index (χ2n) is 7.79. The smallest absolute Gasteiger partial charge is 0.336 e. The molecule has 121 valence electrons. The van der Waals surface area contributed by atoms with E-state index in [-0.39, 0.29) is 10.3 Å². The SMILES string of the molecule is CCO[Si](C)(CC(C)C)OC(C)(C(C)(C)C)S(C)(C)[Si]. The molecule has 0 saturated heterocycles. The van der Waals surface area contributed by atoms with Crippen LogP contribution in [-0.2, 0) is 8.85 Å². The summed E-state index contributed by atoms with van der Waals surface area (Å²) >= 11 is 0. The maximum atomic E-state index is 6.81. The normalized spacial score (nSPS) is 20.6. The van der Waals surface area contributed by atoms with Gasteiger partial charge in [0.15, 0.2) is 0 Å². The van der Waals surface area contributed by atoms with Crippen molar-refractivity contribution < 1.29 is 8.85 Å². The second kappa shape index (κ2) is 6.86. The van der Waals surface area contributed by atoms with Crippen LogP contribution in [0.15, 0.2) is 0 Å². The van der Waals surface area contributed by atoms with E-state index in [0.717, 1.165) is 12.7 Å². The molecule has 3 radical (unpaired) electrons. The van der Waals surface area contributed by atoms with Gasteiger partial charge in [0.1, 0.15) is 0 Å². The van der Waals surface area contributed by atoms with E-state index in [9.17, 15) is 0 Å². The van der Waals surface area contributed by atoms with Crippen molar-refractivity contribution in [1.82, 2.24) is 0 Å². The van der Waals surface area contributed by atoms with Crippen molar-refractivity contribution >= 4 is 27.4 Å². The quantitative estimate of drug-likeness (QED) is 0.629. The summed E-state index contributed by atoms with van der Waals surface area (Å²) in [4.78, 5) is -0.220. The fourth-order valence-corrected chi connectivity index (χ4v) is 10.3. The van der Waals surface area contributed by atoms with Gasteiger partial charge in [0, 0.05) is 6.61 Å². The molecule has 5 heteroatoms. The van der Waals surface area contributed by atoms with Gasteiger partial charge in [0.25, 0.3) is 0 Å². The molecule has 20 heavy (non-hydrogen) atoms. The van der Waals surface area contributed by atoms with Gasteiger partial charge in [-0.3, -0.25) is 0 Å². The molecule has 0 aromatic heterocycles. The fraction of sp³-hybridized carbons (Fsp3) is 1.00. The molecule has 0 aromatic carbocycles. The van der Waals surface area contributed by atoms with Crippen LogP contribution >= 0.6 is 9.48 Å². The lowest BCUT2D eigenvalue weighted by molar-refractivity contribution is 0.0246. The van der Waals surface area contributed by atoms with Crippen molar-refractivity contribution in [2.24, 2.45) is 11.3 Å². The zero-order valence-electron chi connectivity index (χ0n) is 15.2. The third-order valence-electron chi connectivity index (χ3n) is 3.98. The lowest BCUT2D eigenvalue weighted by Gasteiger charge is -2.57. The van der Waals surface area contributed by atoms with Crippen molar-refractivity contribution in [2.75, 3.05) is 19.1 Å². The topological polar surface area (TPSA) is 18.5 Å². The van der Waals surface area contributed by atoms with E-state index in [2.05, 4.69) is 76.9 Å². The summed E-state index contributed by atoms with van der Waals surface area (Å²) < 4.78 is 12.9. The van der Waals surface area contributed by atoms with E-state index < -0.39 is 18.0 Å². The van der Waals surface area contributed by atoms with E-state index in [1.54, 1.807) is 0 Å². The van der Waals surface area contributed by atoms with Crippen LogP contribution in [0, 0.1) is 11.3 Å². The Morgan fingerprint density at radius 3 is 1.85 bits per heavy atom. The predicted molar refractivity (Wildman–Crippen MR) is 97.0 cm³/mol. The number of rotatable bonds is 7. The van der Waals surface area contributed by atoms with Crippen LogP contribution in [0.1, 0.15) is 48.5 Å². The average Bonchev–Trinajstić information content (AvgIpc) is 2.11. The summed E-state index contributed by atoms with van der Waals surface area (Å²) in [7, 11) is 0.741. The standard InChI is InChI=1S/C15H35O2SSi2/c1-11-16-20(10,12-13(2)3)17-15(7,14(4,5)6)18(8,9)19/h13H,11-12H2,1-10H3. The second-order valence-corrected chi connectivity index (χ2v) is 17.5. The summed E-state index contributed by atoms with van der Waals surface area (Å²) in [5.41, 5.74) is 0.0515. The Kier molecular flexibility index (Phi) is 7.10. The van der Waals surface area contributed by atoms with Gasteiger partial charge >= 0.3 is 8.56 Å². The Bertz CT molecular complexity index is 294. The summed E-state index contributed by atoms with van der Waals surface area (Å²) in [6, 6.07) is 1.04. The molecule has 0 fully saturated rings. The molecular formula is C15H35O2SSi2.